The Labute approximate surface area is 109 Å². The maximum atomic E-state index is 11.4. The second-order valence-electron chi connectivity index (χ2n) is 4.38. The predicted octanol–water partition coefficient (Wildman–Crippen LogP) is 1.75. The molecule has 6 heteroatoms. The second kappa shape index (κ2) is 4.13. The van der Waals surface area contributed by atoms with Crippen LogP contribution in [0.15, 0.2) is 18.5 Å². The first-order valence-electron chi connectivity index (χ1n) is 5.80. The number of Topliss-reactive ketones (excluding diaryl/α,β-unsaturated/α-hetero) is 1. The van der Waals surface area contributed by atoms with Gasteiger partial charge in [0.1, 0.15) is 5.82 Å². The molecule has 0 aromatic carbocycles. The number of ketones is 1. The van der Waals surface area contributed by atoms with Crippen molar-refractivity contribution in [3.63, 3.8) is 0 Å². The fraction of sp³-hybridized carbons (Fsp3) is 0.333. The van der Waals surface area contributed by atoms with Crippen molar-refractivity contribution >= 4 is 27.8 Å². The van der Waals surface area contributed by atoms with Gasteiger partial charge in [0.15, 0.2) is 5.78 Å². The number of nitrogen functional groups attached to an aromatic ring is 1. The van der Waals surface area contributed by atoms with Gasteiger partial charge >= 0.3 is 0 Å². The first kappa shape index (κ1) is 11.3. The molecule has 0 bridgehead atoms. The van der Waals surface area contributed by atoms with Gasteiger partial charge in [-0.2, -0.15) is 0 Å². The van der Waals surface area contributed by atoms with Crippen LogP contribution < -0.4 is 10.6 Å². The standard InChI is InChI=1S/C12H14N4OS/c1-8(17)12-9(13)6-11(18-12)16-5-4-15-3-2-14-10(15)7-16/h2-3,6H,4-5,7,13H2,1H3. The van der Waals surface area contributed by atoms with Crippen LogP contribution in [0.25, 0.3) is 0 Å². The van der Waals surface area contributed by atoms with Crippen LogP contribution in [0.5, 0.6) is 0 Å². The molecule has 0 saturated carbocycles. The van der Waals surface area contributed by atoms with Gasteiger partial charge in [-0.05, 0) is 6.07 Å². The Kier molecular flexibility index (Phi) is 2.59. The Hall–Kier alpha value is -1.82. The molecule has 94 valence electrons. The molecule has 0 radical (unpaired) electrons. The van der Waals surface area contributed by atoms with E-state index in [0.717, 1.165) is 30.5 Å². The van der Waals surface area contributed by atoms with Crippen molar-refractivity contribution in [3.05, 3.63) is 29.2 Å². The predicted molar refractivity (Wildman–Crippen MR) is 72.0 cm³/mol. The monoisotopic (exact) mass is 262 g/mol. The number of hydrogen-bond acceptors (Lipinski definition) is 5. The van der Waals surface area contributed by atoms with E-state index in [2.05, 4.69) is 14.5 Å². The van der Waals surface area contributed by atoms with Gasteiger partial charge < -0.3 is 15.2 Å². The van der Waals surface area contributed by atoms with Gasteiger partial charge in [0.05, 0.1) is 22.1 Å². The number of carbonyl (C=O) groups is 1. The first-order valence-corrected chi connectivity index (χ1v) is 6.62. The van der Waals surface area contributed by atoms with Crippen molar-refractivity contribution in [1.29, 1.82) is 0 Å². The van der Waals surface area contributed by atoms with Crippen molar-refractivity contribution in [2.75, 3.05) is 17.2 Å². The smallest absolute Gasteiger partial charge is 0.171 e. The molecule has 0 amide bonds. The number of fused-ring (bicyclic) bond motifs is 1. The summed E-state index contributed by atoms with van der Waals surface area (Å²) in [6, 6.07) is 1.89. The topological polar surface area (TPSA) is 64.2 Å². The van der Waals surface area contributed by atoms with Crippen LogP contribution in [0.2, 0.25) is 0 Å². The molecule has 0 saturated heterocycles. The lowest BCUT2D eigenvalue weighted by atomic mass is 10.3. The summed E-state index contributed by atoms with van der Waals surface area (Å²) in [5.41, 5.74) is 6.45. The zero-order valence-corrected chi connectivity index (χ0v) is 10.9. The van der Waals surface area contributed by atoms with Gasteiger partial charge in [0.25, 0.3) is 0 Å². The Morgan fingerprint density at radius 3 is 3.06 bits per heavy atom. The lowest BCUT2D eigenvalue weighted by Crippen LogP contribution is -2.32. The molecule has 1 aliphatic heterocycles. The summed E-state index contributed by atoms with van der Waals surface area (Å²) in [6.45, 7) is 4.16. The van der Waals surface area contributed by atoms with Crippen LogP contribution in [-0.4, -0.2) is 21.9 Å². The van der Waals surface area contributed by atoms with Crippen molar-refractivity contribution in [3.8, 4) is 0 Å². The average molecular weight is 262 g/mol. The summed E-state index contributed by atoms with van der Waals surface area (Å²) >= 11 is 1.47. The van der Waals surface area contributed by atoms with Gasteiger partial charge in [-0.25, -0.2) is 4.98 Å². The number of thiophene rings is 1. The molecule has 0 unspecified atom stereocenters. The minimum atomic E-state index is 0.0299. The summed E-state index contributed by atoms with van der Waals surface area (Å²) < 4.78 is 2.15. The molecule has 0 aliphatic carbocycles. The van der Waals surface area contributed by atoms with Gasteiger partial charge in [0.2, 0.25) is 0 Å². The molecule has 0 atom stereocenters. The number of imidazole rings is 1. The second-order valence-corrected chi connectivity index (χ2v) is 5.41. The number of nitrogens with zero attached hydrogens (tertiary/aromatic N) is 3. The number of nitrogens with two attached hydrogens (primary N) is 1. The quantitative estimate of drug-likeness (QED) is 0.837. The van der Waals surface area contributed by atoms with Crippen molar-refractivity contribution in [2.24, 2.45) is 0 Å². The SMILES string of the molecule is CC(=O)c1sc(N2CCn3ccnc3C2)cc1N. The third-order valence-electron chi connectivity index (χ3n) is 3.12. The van der Waals surface area contributed by atoms with Crippen LogP contribution in [0.1, 0.15) is 22.4 Å². The molecule has 3 heterocycles. The van der Waals surface area contributed by atoms with E-state index in [1.807, 2.05) is 18.5 Å². The molecular formula is C12H14N4OS. The summed E-state index contributed by atoms with van der Waals surface area (Å²) in [6.07, 6.45) is 3.82. The molecule has 18 heavy (non-hydrogen) atoms. The maximum absolute atomic E-state index is 11.4. The van der Waals surface area contributed by atoms with Crippen LogP contribution >= 0.6 is 11.3 Å². The van der Waals surface area contributed by atoms with Gasteiger partial charge in [0, 0.05) is 32.4 Å². The molecule has 5 nitrogen and oxygen atoms in total. The van der Waals surface area contributed by atoms with Gasteiger partial charge in [-0.3, -0.25) is 4.79 Å². The van der Waals surface area contributed by atoms with Crippen LogP contribution in [0.3, 0.4) is 0 Å². The number of anilines is 2. The highest BCUT2D eigenvalue weighted by atomic mass is 32.1. The number of carbonyl (C=O) groups excluding carboxylic acids is 1. The van der Waals surface area contributed by atoms with E-state index in [9.17, 15) is 4.79 Å². The fourth-order valence-corrected chi connectivity index (χ4v) is 3.18. The highest BCUT2D eigenvalue weighted by Gasteiger charge is 2.20. The van der Waals surface area contributed by atoms with E-state index in [1.54, 1.807) is 6.92 Å². The molecule has 0 spiro atoms. The third-order valence-corrected chi connectivity index (χ3v) is 4.44. The Balaban J connectivity index is 1.89. The first-order chi connectivity index (χ1) is 8.65. The van der Waals surface area contributed by atoms with Crippen molar-refractivity contribution < 1.29 is 4.79 Å². The zero-order valence-electron chi connectivity index (χ0n) is 10.1. The van der Waals surface area contributed by atoms with E-state index in [4.69, 9.17) is 5.73 Å². The van der Waals surface area contributed by atoms with E-state index in [1.165, 1.54) is 11.3 Å². The molecule has 2 aromatic rings. The van der Waals surface area contributed by atoms with Crippen LogP contribution in [-0.2, 0) is 13.1 Å². The third kappa shape index (κ3) is 1.78. The van der Waals surface area contributed by atoms with E-state index >= 15 is 0 Å². The Bertz CT molecular complexity index is 601. The summed E-state index contributed by atoms with van der Waals surface area (Å²) in [7, 11) is 0. The normalized spacial score (nSPS) is 14.6. The highest BCUT2D eigenvalue weighted by Crippen LogP contribution is 2.34. The molecule has 2 N–H and O–H groups in total. The Morgan fingerprint density at radius 1 is 1.50 bits per heavy atom. The largest absolute Gasteiger partial charge is 0.397 e. The van der Waals surface area contributed by atoms with E-state index in [0.29, 0.717) is 10.6 Å². The van der Waals surface area contributed by atoms with Crippen LogP contribution in [0, 0.1) is 0 Å². The van der Waals surface area contributed by atoms with Crippen molar-refractivity contribution in [1.82, 2.24) is 9.55 Å². The Morgan fingerprint density at radius 2 is 2.33 bits per heavy atom. The number of rotatable bonds is 2. The summed E-state index contributed by atoms with van der Waals surface area (Å²) in [5, 5.41) is 1.05. The highest BCUT2D eigenvalue weighted by molar-refractivity contribution is 7.18. The zero-order chi connectivity index (χ0) is 12.7. The summed E-state index contributed by atoms with van der Waals surface area (Å²) in [5.74, 6) is 1.08. The average Bonchev–Trinajstić information content (AvgIpc) is 2.93. The lowest BCUT2D eigenvalue weighted by molar-refractivity contribution is 0.102. The number of hydrogen-bond donors (Lipinski definition) is 1. The van der Waals surface area contributed by atoms with Gasteiger partial charge in [-0.15, -0.1) is 11.3 Å². The van der Waals surface area contributed by atoms with Crippen LogP contribution in [0.4, 0.5) is 10.7 Å². The minimum Gasteiger partial charge on any atom is -0.397 e. The van der Waals surface area contributed by atoms with E-state index < -0.39 is 0 Å². The molecule has 0 fully saturated rings. The minimum absolute atomic E-state index is 0.0299. The van der Waals surface area contributed by atoms with E-state index in [-0.39, 0.29) is 5.78 Å². The molecule has 2 aromatic heterocycles. The molecule has 1 aliphatic rings. The maximum Gasteiger partial charge on any atom is 0.171 e. The summed E-state index contributed by atoms with van der Waals surface area (Å²) in [4.78, 5) is 18.6. The fourth-order valence-electron chi connectivity index (χ4n) is 2.18. The van der Waals surface area contributed by atoms with Gasteiger partial charge in [-0.1, -0.05) is 0 Å². The number of aromatic nitrogens is 2. The lowest BCUT2D eigenvalue weighted by Gasteiger charge is -2.28. The molecular weight excluding hydrogens is 248 g/mol. The molecule has 3 rings (SSSR count). The van der Waals surface area contributed by atoms with Crippen molar-refractivity contribution in [2.45, 2.75) is 20.0 Å².